The summed E-state index contributed by atoms with van der Waals surface area (Å²) in [5.41, 5.74) is 0. The van der Waals surface area contributed by atoms with E-state index in [0.29, 0.717) is 12.1 Å². The van der Waals surface area contributed by atoms with Crippen molar-refractivity contribution in [1.82, 2.24) is 14.8 Å². The molecule has 16 heavy (non-hydrogen) atoms. The van der Waals surface area contributed by atoms with Crippen LogP contribution in [-0.2, 0) is 11.2 Å². The van der Waals surface area contributed by atoms with E-state index in [1.807, 2.05) is 0 Å². The zero-order valence-corrected chi connectivity index (χ0v) is 10.3. The van der Waals surface area contributed by atoms with Gasteiger partial charge in [-0.3, -0.25) is 9.67 Å². The minimum Gasteiger partial charge on any atom is -0.376 e. The van der Waals surface area contributed by atoms with E-state index < -0.39 is 0 Å². The van der Waals surface area contributed by atoms with E-state index in [1.165, 1.54) is 12.8 Å². The Hall–Kier alpha value is -0.680. The first-order valence-electron chi connectivity index (χ1n) is 6.08. The summed E-state index contributed by atoms with van der Waals surface area (Å²) in [7, 11) is 0. The zero-order valence-electron chi connectivity index (χ0n) is 9.48. The van der Waals surface area contributed by atoms with E-state index in [0.717, 1.165) is 36.0 Å². The van der Waals surface area contributed by atoms with Crippen LogP contribution in [0.2, 0.25) is 0 Å². The SMILES string of the molecule is CCc1n[nH]c(=S)n1C1CCOC1C1CC1. The molecule has 2 aliphatic rings. The molecule has 1 saturated carbocycles. The molecule has 2 atom stereocenters. The molecular formula is C11H17N3OS. The van der Waals surface area contributed by atoms with Gasteiger partial charge in [-0.25, -0.2) is 0 Å². The molecule has 0 radical (unpaired) electrons. The summed E-state index contributed by atoms with van der Waals surface area (Å²) in [6.45, 7) is 2.98. The lowest BCUT2D eigenvalue weighted by Gasteiger charge is -2.20. The van der Waals surface area contributed by atoms with Gasteiger partial charge in [0.1, 0.15) is 5.82 Å². The first-order valence-corrected chi connectivity index (χ1v) is 6.49. The van der Waals surface area contributed by atoms with Crippen LogP contribution < -0.4 is 0 Å². The topological polar surface area (TPSA) is 42.8 Å². The van der Waals surface area contributed by atoms with Gasteiger partial charge >= 0.3 is 0 Å². The van der Waals surface area contributed by atoms with Gasteiger partial charge in [0.15, 0.2) is 4.77 Å². The Morgan fingerprint density at radius 2 is 2.31 bits per heavy atom. The van der Waals surface area contributed by atoms with Crippen molar-refractivity contribution in [3.8, 4) is 0 Å². The fourth-order valence-corrected chi connectivity index (χ4v) is 2.97. The summed E-state index contributed by atoms with van der Waals surface area (Å²) in [6.07, 6.45) is 4.99. The maximum absolute atomic E-state index is 5.86. The minimum atomic E-state index is 0.370. The second-order valence-electron chi connectivity index (χ2n) is 4.70. The average Bonchev–Trinajstić information content (AvgIpc) is 2.90. The summed E-state index contributed by atoms with van der Waals surface area (Å²) in [5.74, 6) is 1.82. The van der Waals surface area contributed by atoms with E-state index in [-0.39, 0.29) is 0 Å². The van der Waals surface area contributed by atoms with Crippen LogP contribution in [0.1, 0.15) is 38.1 Å². The third-order valence-electron chi connectivity index (χ3n) is 3.62. The molecule has 1 aromatic heterocycles. The zero-order chi connectivity index (χ0) is 11.1. The number of hydrogen-bond donors (Lipinski definition) is 1. The van der Waals surface area contributed by atoms with Crippen molar-refractivity contribution in [2.75, 3.05) is 6.61 Å². The maximum atomic E-state index is 5.86. The molecule has 2 fully saturated rings. The van der Waals surface area contributed by atoms with Crippen molar-refractivity contribution in [3.63, 3.8) is 0 Å². The van der Waals surface area contributed by atoms with Gasteiger partial charge < -0.3 is 4.74 Å². The predicted octanol–water partition coefficient (Wildman–Crippen LogP) is 2.24. The van der Waals surface area contributed by atoms with Crippen LogP contribution >= 0.6 is 12.2 Å². The molecule has 1 saturated heterocycles. The number of H-pyrrole nitrogens is 1. The Kier molecular flexibility index (Phi) is 2.59. The molecule has 1 aromatic rings. The third kappa shape index (κ3) is 1.62. The molecule has 1 N–H and O–H groups in total. The molecule has 0 aromatic carbocycles. The van der Waals surface area contributed by atoms with Crippen molar-refractivity contribution in [2.45, 2.75) is 44.8 Å². The van der Waals surface area contributed by atoms with Gasteiger partial charge in [-0.2, -0.15) is 5.10 Å². The van der Waals surface area contributed by atoms with Gasteiger partial charge in [-0.05, 0) is 37.4 Å². The summed E-state index contributed by atoms with van der Waals surface area (Å²) in [6, 6.07) is 0.411. The summed E-state index contributed by atoms with van der Waals surface area (Å²) in [5, 5.41) is 7.19. The van der Waals surface area contributed by atoms with E-state index in [2.05, 4.69) is 21.7 Å². The molecule has 0 amide bonds. The van der Waals surface area contributed by atoms with Crippen LogP contribution in [0.3, 0.4) is 0 Å². The Labute approximate surface area is 100 Å². The molecule has 0 spiro atoms. The molecule has 1 aliphatic carbocycles. The molecule has 2 heterocycles. The summed E-state index contributed by atoms with van der Waals surface area (Å²) in [4.78, 5) is 0. The molecule has 2 unspecified atom stereocenters. The largest absolute Gasteiger partial charge is 0.376 e. The lowest BCUT2D eigenvalue weighted by atomic mass is 10.1. The average molecular weight is 239 g/mol. The number of nitrogens with one attached hydrogen (secondary N) is 1. The van der Waals surface area contributed by atoms with Crippen molar-refractivity contribution in [1.29, 1.82) is 0 Å². The fraction of sp³-hybridized carbons (Fsp3) is 0.818. The number of aromatic nitrogens is 3. The van der Waals surface area contributed by atoms with Crippen molar-refractivity contribution in [2.24, 2.45) is 5.92 Å². The Morgan fingerprint density at radius 1 is 1.50 bits per heavy atom. The number of aryl methyl sites for hydroxylation is 1. The highest BCUT2D eigenvalue weighted by atomic mass is 32.1. The highest BCUT2D eigenvalue weighted by molar-refractivity contribution is 7.71. The first kappa shape index (κ1) is 10.5. The molecule has 0 bridgehead atoms. The van der Waals surface area contributed by atoms with Gasteiger partial charge in [-0.1, -0.05) is 6.92 Å². The monoisotopic (exact) mass is 239 g/mol. The molecule has 5 heteroatoms. The molecule has 1 aliphatic heterocycles. The Balaban J connectivity index is 1.95. The lowest BCUT2D eigenvalue weighted by molar-refractivity contribution is 0.0742. The normalized spacial score (nSPS) is 29.8. The number of nitrogens with zero attached hydrogens (tertiary/aromatic N) is 2. The third-order valence-corrected chi connectivity index (χ3v) is 3.90. The Morgan fingerprint density at radius 3 is 3.00 bits per heavy atom. The first-order chi connectivity index (χ1) is 7.81. The van der Waals surface area contributed by atoms with E-state index in [4.69, 9.17) is 17.0 Å². The van der Waals surface area contributed by atoms with Crippen molar-refractivity contribution >= 4 is 12.2 Å². The lowest BCUT2D eigenvalue weighted by Crippen LogP contribution is -2.23. The summed E-state index contributed by atoms with van der Waals surface area (Å²) < 4.78 is 8.79. The Bertz CT molecular complexity index is 435. The van der Waals surface area contributed by atoms with Gasteiger partial charge in [0.05, 0.1) is 12.1 Å². The van der Waals surface area contributed by atoms with Gasteiger partial charge in [-0.15, -0.1) is 0 Å². The van der Waals surface area contributed by atoms with Crippen LogP contribution in [0.25, 0.3) is 0 Å². The highest BCUT2D eigenvalue weighted by Crippen LogP contribution is 2.43. The van der Waals surface area contributed by atoms with E-state index in [1.54, 1.807) is 0 Å². The standard InChI is InChI=1S/C11H17N3OS/c1-2-9-12-13-11(16)14(9)8-5-6-15-10(8)7-3-4-7/h7-8,10H,2-6H2,1H3,(H,13,16). The minimum absolute atomic E-state index is 0.370. The predicted molar refractivity (Wildman–Crippen MR) is 62.9 cm³/mol. The van der Waals surface area contributed by atoms with Gasteiger partial charge in [0, 0.05) is 13.0 Å². The van der Waals surface area contributed by atoms with Crippen molar-refractivity contribution < 1.29 is 4.74 Å². The second-order valence-corrected chi connectivity index (χ2v) is 5.08. The van der Waals surface area contributed by atoms with Crippen LogP contribution in [0.4, 0.5) is 0 Å². The number of aromatic amines is 1. The van der Waals surface area contributed by atoms with Crippen LogP contribution in [0, 0.1) is 10.7 Å². The molecule has 88 valence electrons. The fourth-order valence-electron chi connectivity index (χ4n) is 2.68. The van der Waals surface area contributed by atoms with Gasteiger partial charge in [0.2, 0.25) is 0 Å². The van der Waals surface area contributed by atoms with Gasteiger partial charge in [0.25, 0.3) is 0 Å². The molecular weight excluding hydrogens is 222 g/mol. The maximum Gasteiger partial charge on any atom is 0.195 e. The molecule has 4 nitrogen and oxygen atoms in total. The molecule has 3 rings (SSSR count). The van der Waals surface area contributed by atoms with Crippen LogP contribution in [0.5, 0.6) is 0 Å². The van der Waals surface area contributed by atoms with Crippen molar-refractivity contribution in [3.05, 3.63) is 10.6 Å². The number of rotatable bonds is 3. The number of ether oxygens (including phenoxy) is 1. The van der Waals surface area contributed by atoms with E-state index >= 15 is 0 Å². The second kappa shape index (κ2) is 3.96. The van der Waals surface area contributed by atoms with Crippen LogP contribution in [0.15, 0.2) is 0 Å². The van der Waals surface area contributed by atoms with Crippen LogP contribution in [-0.4, -0.2) is 27.5 Å². The highest BCUT2D eigenvalue weighted by Gasteiger charge is 2.42. The quantitative estimate of drug-likeness (QED) is 0.823. The smallest absolute Gasteiger partial charge is 0.195 e. The number of hydrogen-bond acceptors (Lipinski definition) is 3. The van der Waals surface area contributed by atoms with E-state index in [9.17, 15) is 0 Å². The summed E-state index contributed by atoms with van der Waals surface area (Å²) >= 11 is 5.33.